The van der Waals surface area contributed by atoms with Gasteiger partial charge in [0, 0.05) is 58.4 Å². The summed E-state index contributed by atoms with van der Waals surface area (Å²) < 4.78 is 11.9. The van der Waals surface area contributed by atoms with E-state index < -0.39 is 0 Å². The highest BCUT2D eigenvalue weighted by Crippen LogP contribution is 2.46. The minimum atomic E-state index is 0.584. The van der Waals surface area contributed by atoms with Crippen LogP contribution in [-0.2, 0) is 0 Å². The van der Waals surface area contributed by atoms with E-state index in [1.807, 2.05) is 59.9 Å². The van der Waals surface area contributed by atoms with Crippen molar-refractivity contribution in [2.45, 2.75) is 0 Å². The van der Waals surface area contributed by atoms with Crippen LogP contribution in [0, 0.1) is 0 Å². The minimum Gasteiger partial charge on any atom is -0.454 e. The second-order valence-corrected chi connectivity index (χ2v) is 15.4. The molecule has 0 atom stereocenters. The lowest BCUT2D eigenvalue weighted by molar-refractivity contribution is 0.666. The second kappa shape index (κ2) is 12.6. The molecule has 0 aliphatic carbocycles. The van der Waals surface area contributed by atoms with Crippen molar-refractivity contribution in [2.75, 3.05) is 0 Å². The molecule has 266 valence electrons. The molecule has 0 fully saturated rings. The van der Waals surface area contributed by atoms with Crippen LogP contribution in [0.15, 0.2) is 186 Å². The molecule has 0 unspecified atom stereocenters. The molecule has 12 rings (SSSR count). The van der Waals surface area contributed by atoms with Crippen LogP contribution in [0.25, 0.3) is 115 Å². The summed E-state index contributed by atoms with van der Waals surface area (Å²) in [7, 11) is 0. The second-order valence-electron chi connectivity index (χ2n) is 14.3. The van der Waals surface area contributed by atoms with E-state index in [1.165, 1.54) is 36.5 Å². The Morgan fingerprint density at radius 2 is 1.07 bits per heavy atom. The Hall–Kier alpha value is -7.41. The molecule has 57 heavy (non-hydrogen) atoms. The van der Waals surface area contributed by atoms with Crippen LogP contribution in [0.2, 0.25) is 0 Å². The smallest absolute Gasteiger partial charge is 0.164 e. The van der Waals surface area contributed by atoms with Crippen LogP contribution in [0.1, 0.15) is 0 Å². The number of furan rings is 1. The van der Waals surface area contributed by atoms with Crippen molar-refractivity contribution >= 4 is 75.3 Å². The number of aromatic nitrogens is 4. The highest BCUT2D eigenvalue weighted by atomic mass is 32.1. The Morgan fingerprint density at radius 3 is 1.91 bits per heavy atom. The van der Waals surface area contributed by atoms with Crippen LogP contribution in [-0.4, -0.2) is 19.5 Å². The van der Waals surface area contributed by atoms with Gasteiger partial charge in [0.05, 0.1) is 16.7 Å². The Kier molecular flexibility index (Phi) is 7.03. The third-order valence-corrected chi connectivity index (χ3v) is 12.2. The van der Waals surface area contributed by atoms with Crippen molar-refractivity contribution in [1.29, 1.82) is 0 Å². The lowest BCUT2D eigenvalue weighted by Gasteiger charge is -2.13. The average Bonchev–Trinajstić information content (AvgIpc) is 3.97. The molecule has 6 heteroatoms. The lowest BCUT2D eigenvalue weighted by Crippen LogP contribution is -2.01. The van der Waals surface area contributed by atoms with E-state index in [9.17, 15) is 0 Å². The third-order valence-electron chi connectivity index (χ3n) is 11.1. The largest absolute Gasteiger partial charge is 0.454 e. The summed E-state index contributed by atoms with van der Waals surface area (Å²) in [5, 5.41) is 6.89. The summed E-state index contributed by atoms with van der Waals surface area (Å²) in [6.07, 6.45) is 0. The molecule has 0 bridgehead atoms. The summed E-state index contributed by atoms with van der Waals surface area (Å²) in [5.41, 5.74) is 9.80. The van der Waals surface area contributed by atoms with Crippen LogP contribution in [0.3, 0.4) is 0 Å². The molecule has 0 saturated heterocycles. The molecule has 0 spiro atoms. The normalized spacial score (nSPS) is 11.9. The summed E-state index contributed by atoms with van der Waals surface area (Å²) in [4.78, 5) is 15.6. The number of fused-ring (bicyclic) bond motifs is 10. The first-order valence-electron chi connectivity index (χ1n) is 19.0. The number of hydrogen-bond acceptors (Lipinski definition) is 5. The van der Waals surface area contributed by atoms with Crippen molar-refractivity contribution in [3.8, 4) is 51.0 Å². The molecular formula is C51H30N4OS. The van der Waals surface area contributed by atoms with Crippen molar-refractivity contribution in [2.24, 2.45) is 0 Å². The maximum Gasteiger partial charge on any atom is 0.164 e. The highest BCUT2D eigenvalue weighted by molar-refractivity contribution is 7.26. The number of benzene rings is 8. The minimum absolute atomic E-state index is 0.584. The highest BCUT2D eigenvalue weighted by Gasteiger charge is 2.24. The van der Waals surface area contributed by atoms with E-state index in [2.05, 4.69) is 138 Å². The number of nitrogens with zero attached hydrogens (tertiary/aromatic N) is 4. The number of hydrogen-bond donors (Lipinski definition) is 0. The SMILES string of the molecule is c1ccc(-c2cccc(-c3nc(-c4ccccc4)nc(-c4ccc(-n5c6ccccc6c6ccc7sc8ccccc8c7c65)c5oc6ccccc6c45)n3)c2)cc1. The Morgan fingerprint density at radius 1 is 0.421 bits per heavy atom. The maximum absolute atomic E-state index is 6.95. The van der Waals surface area contributed by atoms with Crippen molar-refractivity contribution in [3.63, 3.8) is 0 Å². The molecule has 0 saturated carbocycles. The lowest BCUT2D eigenvalue weighted by atomic mass is 10.0. The first-order valence-corrected chi connectivity index (χ1v) is 19.8. The van der Waals surface area contributed by atoms with Gasteiger partial charge >= 0.3 is 0 Å². The quantitative estimate of drug-likeness (QED) is 0.176. The molecule has 0 N–H and O–H groups in total. The number of para-hydroxylation sites is 2. The standard InChI is InChI=1S/C51H30N4OS/c1-3-14-31(15-4-1)33-18-13-19-34(30-33)50-52-49(32-16-5-2-6-17-32)53-51(54-50)39-26-28-41(48-45(39)37-21-8-11-24-42(37)56-48)55-40-23-10-7-20-35(40)36-27-29-44-46(47(36)55)38-22-9-12-25-43(38)57-44/h1-30H. The van der Waals surface area contributed by atoms with Gasteiger partial charge in [-0.15, -0.1) is 11.3 Å². The van der Waals surface area contributed by atoms with E-state index in [-0.39, 0.29) is 0 Å². The van der Waals surface area contributed by atoms with Crippen LogP contribution < -0.4 is 0 Å². The fourth-order valence-corrected chi connectivity index (χ4v) is 9.61. The molecule has 8 aromatic carbocycles. The summed E-state index contributed by atoms with van der Waals surface area (Å²) >= 11 is 1.84. The van der Waals surface area contributed by atoms with Crippen LogP contribution in [0.4, 0.5) is 0 Å². The van der Waals surface area contributed by atoms with Crippen molar-refractivity contribution in [3.05, 3.63) is 182 Å². The van der Waals surface area contributed by atoms with Crippen LogP contribution >= 0.6 is 11.3 Å². The molecular weight excluding hydrogens is 717 g/mol. The van der Waals surface area contributed by atoms with Gasteiger partial charge in [-0.1, -0.05) is 140 Å². The zero-order valence-electron chi connectivity index (χ0n) is 30.4. The number of thiophene rings is 1. The summed E-state index contributed by atoms with van der Waals surface area (Å²) in [5.74, 6) is 1.80. The van der Waals surface area contributed by atoms with Gasteiger partial charge < -0.3 is 8.98 Å². The van der Waals surface area contributed by atoms with Gasteiger partial charge in [0.1, 0.15) is 5.58 Å². The van der Waals surface area contributed by atoms with Gasteiger partial charge in [-0.2, -0.15) is 0 Å². The molecule has 4 aromatic heterocycles. The molecule has 0 amide bonds. The Labute approximate surface area is 330 Å². The van der Waals surface area contributed by atoms with Gasteiger partial charge in [-0.3, -0.25) is 0 Å². The van der Waals surface area contributed by atoms with Crippen LogP contribution in [0.5, 0.6) is 0 Å². The van der Waals surface area contributed by atoms with Crippen molar-refractivity contribution in [1.82, 2.24) is 19.5 Å². The fourth-order valence-electron chi connectivity index (χ4n) is 8.50. The van der Waals surface area contributed by atoms with Gasteiger partial charge in [0.15, 0.2) is 23.1 Å². The Balaban J connectivity index is 1.16. The van der Waals surface area contributed by atoms with E-state index in [1.54, 1.807) is 0 Å². The first kappa shape index (κ1) is 31.9. The number of rotatable bonds is 5. The van der Waals surface area contributed by atoms with Gasteiger partial charge in [-0.05, 0) is 53.6 Å². The zero-order chi connectivity index (χ0) is 37.5. The third kappa shape index (κ3) is 4.98. The van der Waals surface area contributed by atoms with Gasteiger partial charge in [-0.25, -0.2) is 15.0 Å². The van der Waals surface area contributed by atoms with E-state index in [0.717, 1.165) is 61.0 Å². The van der Waals surface area contributed by atoms with Gasteiger partial charge in [0.25, 0.3) is 0 Å². The molecule has 5 nitrogen and oxygen atoms in total. The topological polar surface area (TPSA) is 56.7 Å². The van der Waals surface area contributed by atoms with E-state index in [0.29, 0.717) is 17.5 Å². The molecule has 0 radical (unpaired) electrons. The van der Waals surface area contributed by atoms with Gasteiger partial charge in [0.2, 0.25) is 0 Å². The zero-order valence-corrected chi connectivity index (χ0v) is 31.2. The van der Waals surface area contributed by atoms with E-state index >= 15 is 0 Å². The summed E-state index contributed by atoms with van der Waals surface area (Å²) in [6.45, 7) is 0. The predicted molar refractivity (Wildman–Crippen MR) is 236 cm³/mol. The molecule has 0 aliphatic rings. The first-order chi connectivity index (χ1) is 28.3. The monoisotopic (exact) mass is 746 g/mol. The molecule has 0 aliphatic heterocycles. The Bertz CT molecular complexity index is 3530. The molecule has 4 heterocycles. The fraction of sp³-hybridized carbons (Fsp3) is 0. The van der Waals surface area contributed by atoms with E-state index in [4.69, 9.17) is 19.4 Å². The summed E-state index contributed by atoms with van der Waals surface area (Å²) in [6, 6.07) is 63.6. The molecule has 12 aromatic rings. The van der Waals surface area contributed by atoms with Crippen molar-refractivity contribution < 1.29 is 4.42 Å². The average molecular weight is 747 g/mol. The predicted octanol–water partition coefficient (Wildman–Crippen LogP) is 13.9. The maximum atomic E-state index is 6.95.